The van der Waals surface area contributed by atoms with Crippen LogP contribution in [0, 0.1) is 5.92 Å². The summed E-state index contributed by atoms with van der Waals surface area (Å²) in [6.45, 7) is 0.293. The number of aromatic nitrogens is 1. The molecule has 4 nitrogen and oxygen atoms in total. The Labute approximate surface area is 241 Å². The topological polar surface area (TPSA) is 52.3 Å². The van der Waals surface area contributed by atoms with Crippen LogP contribution >= 0.6 is 0 Å². The Morgan fingerprint density at radius 3 is 2.20 bits per heavy atom. The minimum absolute atomic E-state index is 0.217. The van der Waals surface area contributed by atoms with Crippen LogP contribution in [0.4, 0.5) is 0 Å². The van der Waals surface area contributed by atoms with Crippen LogP contribution in [0.5, 0.6) is 0 Å². The lowest BCUT2D eigenvalue weighted by Crippen LogP contribution is -2.12. The summed E-state index contributed by atoms with van der Waals surface area (Å²) >= 11 is 0. The van der Waals surface area contributed by atoms with Gasteiger partial charge in [0.15, 0.2) is 5.76 Å². The fourth-order valence-corrected chi connectivity index (χ4v) is 5.55. The highest BCUT2D eigenvalue weighted by molar-refractivity contribution is 5.79. The Morgan fingerprint density at radius 2 is 1.44 bits per heavy atom. The van der Waals surface area contributed by atoms with Crippen molar-refractivity contribution in [3.05, 3.63) is 144 Å². The second-order valence-electron chi connectivity index (χ2n) is 10.6. The van der Waals surface area contributed by atoms with Crippen LogP contribution in [0.2, 0.25) is 0 Å². The molecule has 1 aromatic heterocycles. The van der Waals surface area contributed by atoms with E-state index in [0.717, 1.165) is 59.4 Å². The Balaban J connectivity index is 1.21. The summed E-state index contributed by atoms with van der Waals surface area (Å²) in [6.07, 6.45) is 6.64. The van der Waals surface area contributed by atoms with E-state index in [4.69, 9.17) is 14.1 Å². The van der Waals surface area contributed by atoms with Gasteiger partial charge in [0.05, 0.1) is 6.42 Å². The number of esters is 1. The van der Waals surface area contributed by atoms with Crippen LogP contribution in [-0.2, 0) is 29.0 Å². The third kappa shape index (κ3) is 6.55. The third-order valence-electron chi connectivity index (χ3n) is 7.58. The first kappa shape index (κ1) is 26.5. The van der Waals surface area contributed by atoms with Gasteiger partial charge in [-0.15, -0.1) is 0 Å². The molecule has 0 radical (unpaired) electrons. The Morgan fingerprint density at radius 1 is 0.780 bits per heavy atom. The molecule has 1 atom stereocenters. The standard InChI is InChI=1S/C37H33NO3/c39-34(40-26-27-13-4-1-5-14-27)25-29-16-12-15-28(23-29)24-32-21-10-11-22-33(32)37-38-35(30-17-6-2-7-18-30)36(41-37)31-19-8-3-9-20-31/h1-9,12-20,22-23,32H,10-11,21,24-26H2. The van der Waals surface area contributed by atoms with Gasteiger partial charge in [-0.1, -0.05) is 121 Å². The molecule has 0 amide bonds. The van der Waals surface area contributed by atoms with Gasteiger partial charge in [-0.25, -0.2) is 4.98 Å². The number of ether oxygens (including phenoxy) is 1. The largest absolute Gasteiger partial charge is 0.461 e. The average Bonchev–Trinajstić information content (AvgIpc) is 3.47. The smallest absolute Gasteiger partial charge is 0.310 e. The highest BCUT2D eigenvalue weighted by atomic mass is 16.5. The van der Waals surface area contributed by atoms with Crippen molar-refractivity contribution in [2.45, 2.75) is 38.7 Å². The fourth-order valence-electron chi connectivity index (χ4n) is 5.55. The number of nitrogens with zero attached hydrogens (tertiary/aromatic N) is 1. The van der Waals surface area contributed by atoms with Crippen LogP contribution in [0.15, 0.2) is 126 Å². The maximum absolute atomic E-state index is 12.5. The summed E-state index contributed by atoms with van der Waals surface area (Å²) in [5, 5.41) is 0. The maximum atomic E-state index is 12.5. The van der Waals surface area contributed by atoms with E-state index in [2.05, 4.69) is 42.5 Å². The second-order valence-corrected chi connectivity index (χ2v) is 10.6. The third-order valence-corrected chi connectivity index (χ3v) is 7.58. The summed E-state index contributed by atoms with van der Waals surface area (Å²) in [6, 6.07) is 38.5. The first-order valence-electron chi connectivity index (χ1n) is 14.3. The van der Waals surface area contributed by atoms with Crippen molar-refractivity contribution in [2.75, 3.05) is 0 Å². The molecule has 1 aliphatic rings. The zero-order valence-corrected chi connectivity index (χ0v) is 23.0. The van der Waals surface area contributed by atoms with Crippen LogP contribution < -0.4 is 0 Å². The van der Waals surface area contributed by atoms with Crippen molar-refractivity contribution in [1.29, 1.82) is 0 Å². The molecule has 0 saturated carbocycles. The molecule has 0 spiro atoms. The van der Waals surface area contributed by atoms with E-state index in [1.54, 1.807) is 0 Å². The SMILES string of the molecule is O=C(Cc1cccc(CC2CCCC=C2c2nc(-c3ccccc3)c(-c3ccccc3)o2)c1)OCc1ccccc1. The molecule has 0 N–H and O–H groups in total. The van der Waals surface area contributed by atoms with E-state index in [1.165, 1.54) is 11.1 Å². The molecule has 1 heterocycles. The monoisotopic (exact) mass is 539 g/mol. The lowest BCUT2D eigenvalue weighted by Gasteiger charge is -2.22. The minimum Gasteiger partial charge on any atom is -0.461 e. The lowest BCUT2D eigenvalue weighted by molar-refractivity contribution is -0.144. The normalized spacial score (nSPS) is 14.8. The average molecular weight is 540 g/mol. The molecular formula is C37H33NO3. The van der Waals surface area contributed by atoms with Gasteiger partial charge < -0.3 is 9.15 Å². The van der Waals surface area contributed by atoms with Crippen molar-refractivity contribution in [3.63, 3.8) is 0 Å². The molecule has 204 valence electrons. The fraction of sp³-hybridized carbons (Fsp3) is 0.189. The Kier molecular flexibility index (Phi) is 8.18. The molecule has 4 heteroatoms. The summed E-state index contributed by atoms with van der Waals surface area (Å²) < 4.78 is 12.1. The van der Waals surface area contributed by atoms with E-state index >= 15 is 0 Å². The van der Waals surface area contributed by atoms with Crippen molar-refractivity contribution in [2.24, 2.45) is 5.92 Å². The highest BCUT2D eigenvalue weighted by Crippen LogP contribution is 2.40. The van der Waals surface area contributed by atoms with E-state index in [0.29, 0.717) is 12.5 Å². The first-order chi connectivity index (χ1) is 20.2. The Hall–Kier alpha value is -4.70. The van der Waals surface area contributed by atoms with Crippen LogP contribution in [0.1, 0.15) is 41.8 Å². The van der Waals surface area contributed by atoms with Crippen LogP contribution in [-0.4, -0.2) is 11.0 Å². The van der Waals surface area contributed by atoms with Gasteiger partial charge in [-0.2, -0.15) is 0 Å². The molecule has 4 aromatic carbocycles. The molecule has 0 fully saturated rings. The van der Waals surface area contributed by atoms with Crippen LogP contribution in [0.25, 0.3) is 28.2 Å². The predicted molar refractivity (Wildman–Crippen MR) is 163 cm³/mol. The first-order valence-corrected chi connectivity index (χ1v) is 14.3. The van der Waals surface area contributed by atoms with Crippen LogP contribution in [0.3, 0.4) is 0 Å². The molecule has 0 aliphatic heterocycles. The number of allylic oxidation sites excluding steroid dienone is 2. The van der Waals surface area contributed by atoms with Gasteiger partial charge in [0, 0.05) is 16.7 Å². The van der Waals surface area contributed by atoms with Gasteiger partial charge in [0.2, 0.25) is 5.89 Å². The van der Waals surface area contributed by atoms with E-state index in [9.17, 15) is 4.79 Å². The molecule has 5 aromatic rings. The van der Waals surface area contributed by atoms with Gasteiger partial charge in [0.1, 0.15) is 12.3 Å². The molecule has 41 heavy (non-hydrogen) atoms. The predicted octanol–water partition coefficient (Wildman–Crippen LogP) is 8.72. The summed E-state index contributed by atoms with van der Waals surface area (Å²) in [4.78, 5) is 17.6. The van der Waals surface area contributed by atoms with E-state index in [1.807, 2.05) is 78.9 Å². The maximum Gasteiger partial charge on any atom is 0.310 e. The van der Waals surface area contributed by atoms with Gasteiger partial charge >= 0.3 is 5.97 Å². The number of hydrogen-bond acceptors (Lipinski definition) is 4. The summed E-state index contributed by atoms with van der Waals surface area (Å²) in [5.74, 6) is 1.57. The molecule has 6 rings (SSSR count). The van der Waals surface area contributed by atoms with Crippen molar-refractivity contribution in [1.82, 2.24) is 4.98 Å². The molecule has 1 aliphatic carbocycles. The number of hydrogen-bond donors (Lipinski definition) is 0. The molecule has 1 unspecified atom stereocenters. The lowest BCUT2D eigenvalue weighted by atomic mass is 9.83. The molecular weight excluding hydrogens is 506 g/mol. The van der Waals surface area contributed by atoms with Crippen molar-refractivity contribution >= 4 is 11.5 Å². The summed E-state index contributed by atoms with van der Waals surface area (Å²) in [7, 11) is 0. The van der Waals surface area contributed by atoms with Gasteiger partial charge in [-0.3, -0.25) is 4.79 Å². The van der Waals surface area contributed by atoms with E-state index in [-0.39, 0.29) is 18.3 Å². The molecule has 0 bridgehead atoms. The number of carbonyl (C=O) groups is 1. The molecule has 0 saturated heterocycles. The number of carbonyl (C=O) groups excluding carboxylic acids is 1. The van der Waals surface area contributed by atoms with E-state index < -0.39 is 0 Å². The zero-order chi connectivity index (χ0) is 27.9. The van der Waals surface area contributed by atoms with Crippen molar-refractivity contribution in [3.8, 4) is 22.6 Å². The van der Waals surface area contributed by atoms with Crippen molar-refractivity contribution < 1.29 is 13.9 Å². The highest BCUT2D eigenvalue weighted by Gasteiger charge is 2.26. The number of oxazole rings is 1. The van der Waals surface area contributed by atoms with Gasteiger partial charge in [0.25, 0.3) is 0 Å². The quantitative estimate of drug-likeness (QED) is 0.176. The second kappa shape index (κ2) is 12.6. The summed E-state index contributed by atoms with van der Waals surface area (Å²) in [5.41, 5.74) is 7.26. The minimum atomic E-state index is -0.217. The Bertz CT molecular complexity index is 1560. The van der Waals surface area contributed by atoms with Gasteiger partial charge in [-0.05, 0) is 48.3 Å². The number of benzene rings is 4. The number of rotatable bonds is 9. The zero-order valence-electron chi connectivity index (χ0n) is 23.0.